The smallest absolute Gasteiger partial charge is 0.379 e. The van der Waals surface area contributed by atoms with Crippen LogP contribution in [0.5, 0.6) is 0 Å². The van der Waals surface area contributed by atoms with Gasteiger partial charge in [0.05, 0.1) is 6.61 Å². The van der Waals surface area contributed by atoms with Crippen LogP contribution in [0.4, 0.5) is 0 Å². The summed E-state index contributed by atoms with van der Waals surface area (Å²) >= 11 is 6.05. The van der Waals surface area contributed by atoms with Crippen LogP contribution in [0.2, 0.25) is 5.02 Å². The number of ketones is 1. The lowest BCUT2D eigenvalue weighted by Crippen LogP contribution is -2.17. The molecule has 0 N–H and O–H groups in total. The zero-order valence-electron chi connectivity index (χ0n) is 9.77. The second-order valence-electron chi connectivity index (χ2n) is 3.69. The van der Waals surface area contributed by atoms with Crippen molar-refractivity contribution >= 4 is 34.1 Å². The standard InChI is InChI=1S/C14H11ClO3/c1-2-18-14(17)13(16)11-7-8-12(15)10-6-4-3-5-9(10)11/h3-8H,2H2,1H3. The third-order valence-electron chi connectivity index (χ3n) is 2.58. The Morgan fingerprint density at radius 1 is 1.11 bits per heavy atom. The average Bonchev–Trinajstić information content (AvgIpc) is 2.39. The number of hydrogen-bond acceptors (Lipinski definition) is 3. The van der Waals surface area contributed by atoms with Crippen molar-refractivity contribution < 1.29 is 14.3 Å². The first kappa shape index (κ1) is 12.6. The summed E-state index contributed by atoms with van der Waals surface area (Å²) in [6, 6.07) is 10.3. The predicted octanol–water partition coefficient (Wildman–Crippen LogP) is 3.24. The van der Waals surface area contributed by atoms with Crippen LogP contribution in [0.1, 0.15) is 17.3 Å². The summed E-state index contributed by atoms with van der Waals surface area (Å²) in [4.78, 5) is 23.4. The number of carbonyl (C=O) groups is 2. The predicted molar refractivity (Wildman–Crippen MR) is 69.9 cm³/mol. The maximum Gasteiger partial charge on any atom is 0.379 e. The fraction of sp³-hybridized carbons (Fsp3) is 0.143. The number of ether oxygens (including phenoxy) is 1. The molecule has 2 aromatic carbocycles. The first-order valence-electron chi connectivity index (χ1n) is 5.54. The molecule has 0 aliphatic carbocycles. The molecule has 2 aromatic rings. The molecule has 0 aliphatic heterocycles. The van der Waals surface area contributed by atoms with Gasteiger partial charge in [-0.25, -0.2) is 4.79 Å². The van der Waals surface area contributed by atoms with Crippen LogP contribution in [0.25, 0.3) is 10.8 Å². The highest BCUT2D eigenvalue weighted by molar-refractivity contribution is 6.44. The van der Waals surface area contributed by atoms with E-state index in [9.17, 15) is 9.59 Å². The van der Waals surface area contributed by atoms with Gasteiger partial charge in [0.25, 0.3) is 5.78 Å². The minimum atomic E-state index is -0.843. The molecule has 0 unspecified atom stereocenters. The lowest BCUT2D eigenvalue weighted by molar-refractivity contribution is -0.137. The molecular formula is C14H11ClO3. The van der Waals surface area contributed by atoms with E-state index in [2.05, 4.69) is 0 Å². The number of Topliss-reactive ketones (excluding diaryl/α,β-unsaturated/α-hetero) is 1. The number of carbonyl (C=O) groups excluding carboxylic acids is 2. The van der Waals surface area contributed by atoms with Crippen LogP contribution < -0.4 is 0 Å². The maximum absolute atomic E-state index is 11.9. The van der Waals surface area contributed by atoms with Crippen LogP contribution in [-0.2, 0) is 9.53 Å². The first-order chi connectivity index (χ1) is 8.65. The monoisotopic (exact) mass is 262 g/mol. The molecule has 0 aliphatic rings. The van der Waals surface area contributed by atoms with Gasteiger partial charge in [0, 0.05) is 16.0 Å². The van der Waals surface area contributed by atoms with Crippen molar-refractivity contribution in [1.29, 1.82) is 0 Å². The molecule has 0 aromatic heterocycles. The van der Waals surface area contributed by atoms with E-state index in [0.717, 1.165) is 5.39 Å². The molecule has 0 bridgehead atoms. The van der Waals surface area contributed by atoms with E-state index in [0.29, 0.717) is 16.0 Å². The molecule has 0 amide bonds. The molecule has 0 fully saturated rings. The number of esters is 1. The zero-order valence-corrected chi connectivity index (χ0v) is 10.5. The van der Waals surface area contributed by atoms with E-state index in [4.69, 9.17) is 16.3 Å². The lowest BCUT2D eigenvalue weighted by atomic mass is 10.0. The third-order valence-corrected chi connectivity index (χ3v) is 2.91. The van der Waals surface area contributed by atoms with Crippen molar-refractivity contribution in [2.24, 2.45) is 0 Å². The molecule has 0 atom stereocenters. The highest BCUT2D eigenvalue weighted by atomic mass is 35.5. The van der Waals surface area contributed by atoms with E-state index in [1.807, 2.05) is 6.07 Å². The van der Waals surface area contributed by atoms with Crippen LogP contribution in [0.15, 0.2) is 36.4 Å². The highest BCUT2D eigenvalue weighted by Gasteiger charge is 2.20. The van der Waals surface area contributed by atoms with Gasteiger partial charge in [-0.1, -0.05) is 35.9 Å². The Labute approximate surface area is 109 Å². The van der Waals surface area contributed by atoms with Gasteiger partial charge in [0.1, 0.15) is 0 Å². The Morgan fingerprint density at radius 3 is 2.44 bits per heavy atom. The molecular weight excluding hydrogens is 252 g/mol. The molecule has 3 nitrogen and oxygen atoms in total. The topological polar surface area (TPSA) is 43.4 Å². The summed E-state index contributed by atoms with van der Waals surface area (Å²) < 4.78 is 4.72. The third kappa shape index (κ3) is 2.22. The molecule has 0 spiro atoms. The summed E-state index contributed by atoms with van der Waals surface area (Å²) in [5.41, 5.74) is 0.313. The zero-order chi connectivity index (χ0) is 13.1. The van der Waals surface area contributed by atoms with E-state index >= 15 is 0 Å². The number of benzene rings is 2. The number of rotatable bonds is 3. The Hall–Kier alpha value is -1.87. The second-order valence-corrected chi connectivity index (χ2v) is 4.10. The van der Waals surface area contributed by atoms with E-state index in [-0.39, 0.29) is 6.61 Å². The molecule has 0 heterocycles. The first-order valence-corrected chi connectivity index (χ1v) is 5.91. The van der Waals surface area contributed by atoms with Gasteiger partial charge in [-0.15, -0.1) is 0 Å². The van der Waals surface area contributed by atoms with Crippen LogP contribution in [0.3, 0.4) is 0 Å². The minimum absolute atomic E-state index is 0.177. The van der Waals surface area contributed by atoms with Gasteiger partial charge in [-0.2, -0.15) is 0 Å². The summed E-state index contributed by atoms with van der Waals surface area (Å²) in [6.45, 7) is 1.83. The second kappa shape index (κ2) is 5.19. The van der Waals surface area contributed by atoms with Crippen LogP contribution >= 0.6 is 11.6 Å². The van der Waals surface area contributed by atoms with Crippen LogP contribution in [0, 0.1) is 0 Å². The van der Waals surface area contributed by atoms with Crippen molar-refractivity contribution in [3.05, 3.63) is 47.0 Å². The fourth-order valence-corrected chi connectivity index (χ4v) is 1.99. The van der Waals surface area contributed by atoms with Crippen molar-refractivity contribution in [3.8, 4) is 0 Å². The van der Waals surface area contributed by atoms with Crippen molar-refractivity contribution in [3.63, 3.8) is 0 Å². The van der Waals surface area contributed by atoms with Gasteiger partial charge in [0.2, 0.25) is 0 Å². The SMILES string of the molecule is CCOC(=O)C(=O)c1ccc(Cl)c2ccccc12. The molecule has 0 saturated carbocycles. The Kier molecular flexibility index (Phi) is 3.63. The summed E-state index contributed by atoms with van der Waals surface area (Å²) in [5, 5.41) is 1.95. The molecule has 18 heavy (non-hydrogen) atoms. The maximum atomic E-state index is 11.9. The summed E-state index contributed by atoms with van der Waals surface area (Å²) in [5.74, 6) is -1.49. The fourth-order valence-electron chi connectivity index (χ4n) is 1.77. The van der Waals surface area contributed by atoms with Crippen molar-refractivity contribution in [2.45, 2.75) is 6.92 Å². The minimum Gasteiger partial charge on any atom is -0.460 e. The lowest BCUT2D eigenvalue weighted by Gasteiger charge is -2.06. The molecule has 2 rings (SSSR count). The van der Waals surface area contributed by atoms with Crippen molar-refractivity contribution in [1.82, 2.24) is 0 Å². The molecule has 4 heteroatoms. The van der Waals surface area contributed by atoms with Gasteiger partial charge in [-0.05, 0) is 24.4 Å². The van der Waals surface area contributed by atoms with Gasteiger partial charge in [0.15, 0.2) is 0 Å². The normalized spacial score (nSPS) is 10.3. The summed E-state index contributed by atoms with van der Waals surface area (Å²) in [7, 11) is 0. The largest absolute Gasteiger partial charge is 0.460 e. The highest BCUT2D eigenvalue weighted by Crippen LogP contribution is 2.26. The quantitative estimate of drug-likeness (QED) is 0.484. The molecule has 0 saturated heterocycles. The average molecular weight is 263 g/mol. The van der Waals surface area contributed by atoms with E-state index < -0.39 is 11.8 Å². The number of halogens is 1. The van der Waals surface area contributed by atoms with E-state index in [1.165, 1.54) is 0 Å². The number of hydrogen-bond donors (Lipinski definition) is 0. The van der Waals surface area contributed by atoms with Gasteiger partial charge in [-0.3, -0.25) is 4.79 Å². The van der Waals surface area contributed by atoms with Crippen LogP contribution in [-0.4, -0.2) is 18.4 Å². The Bertz CT molecular complexity index is 619. The van der Waals surface area contributed by atoms with Crippen molar-refractivity contribution in [2.75, 3.05) is 6.61 Å². The van der Waals surface area contributed by atoms with Gasteiger partial charge < -0.3 is 4.74 Å². The molecule has 0 radical (unpaired) electrons. The van der Waals surface area contributed by atoms with Gasteiger partial charge >= 0.3 is 5.97 Å². The Balaban J connectivity index is 2.55. The number of fused-ring (bicyclic) bond motifs is 1. The summed E-state index contributed by atoms with van der Waals surface area (Å²) in [6.07, 6.45) is 0. The van der Waals surface area contributed by atoms with E-state index in [1.54, 1.807) is 37.3 Å². The Morgan fingerprint density at radius 2 is 1.78 bits per heavy atom. The molecule has 92 valence electrons.